The van der Waals surface area contributed by atoms with Crippen LogP contribution in [0.3, 0.4) is 0 Å². The zero-order chi connectivity index (χ0) is 16.9. The van der Waals surface area contributed by atoms with Crippen molar-refractivity contribution >= 4 is 34.5 Å². The predicted octanol–water partition coefficient (Wildman–Crippen LogP) is 4.42. The minimum absolute atomic E-state index is 0.334. The first-order valence-corrected chi connectivity index (χ1v) is 8.56. The summed E-state index contributed by atoms with van der Waals surface area (Å²) >= 11 is 1.32. The van der Waals surface area contributed by atoms with Crippen molar-refractivity contribution in [2.24, 2.45) is 5.10 Å². The van der Waals surface area contributed by atoms with E-state index in [2.05, 4.69) is 36.3 Å². The lowest BCUT2D eigenvalue weighted by Crippen LogP contribution is -2.13. The van der Waals surface area contributed by atoms with Crippen LogP contribution < -0.4 is 5.01 Å². The van der Waals surface area contributed by atoms with Gasteiger partial charge in [-0.2, -0.15) is 5.10 Å². The molecule has 0 spiro atoms. The van der Waals surface area contributed by atoms with Gasteiger partial charge in [0.05, 0.1) is 12.3 Å². The molecule has 0 radical (unpaired) electrons. The third-order valence-electron chi connectivity index (χ3n) is 3.42. The Bertz CT molecular complexity index is 783. The Morgan fingerprint density at radius 3 is 2.54 bits per heavy atom. The van der Waals surface area contributed by atoms with E-state index in [0.29, 0.717) is 11.7 Å². The van der Waals surface area contributed by atoms with Gasteiger partial charge in [-0.1, -0.05) is 48.0 Å². The first-order valence-electron chi connectivity index (χ1n) is 7.74. The quantitative estimate of drug-likeness (QED) is 0.774. The average molecular weight is 338 g/mol. The van der Waals surface area contributed by atoms with Gasteiger partial charge in [0.2, 0.25) is 5.04 Å². The monoisotopic (exact) mass is 338 g/mol. The van der Waals surface area contributed by atoms with E-state index in [-0.39, 0.29) is 0 Å². The number of thioether (sulfide) groups is 1. The van der Waals surface area contributed by atoms with Crippen LogP contribution in [0.15, 0.2) is 64.7 Å². The third-order valence-corrected chi connectivity index (χ3v) is 4.36. The van der Waals surface area contributed by atoms with Crippen LogP contribution in [-0.2, 0) is 9.53 Å². The molecule has 1 heterocycles. The first kappa shape index (κ1) is 16.3. The second kappa shape index (κ2) is 7.36. The van der Waals surface area contributed by atoms with Gasteiger partial charge in [0.1, 0.15) is 5.03 Å². The standard InChI is InChI=1S/C19H18N2O2S/c1-3-23-19(22)18-20-21(16-7-5-4-6-8-16)17(24-18)13-15-11-9-14(2)10-12-15/h4-13H,3H2,1-2H3/b17-13-. The van der Waals surface area contributed by atoms with Gasteiger partial charge in [-0.05, 0) is 49.4 Å². The number of carbonyl (C=O) groups is 1. The minimum atomic E-state index is -0.393. The van der Waals surface area contributed by atoms with Crippen molar-refractivity contribution in [2.75, 3.05) is 11.6 Å². The third kappa shape index (κ3) is 3.68. The Morgan fingerprint density at radius 1 is 1.17 bits per heavy atom. The van der Waals surface area contributed by atoms with Crippen molar-refractivity contribution in [1.29, 1.82) is 0 Å². The van der Waals surface area contributed by atoms with Crippen LogP contribution in [0, 0.1) is 6.92 Å². The van der Waals surface area contributed by atoms with E-state index in [1.165, 1.54) is 17.3 Å². The molecule has 0 saturated carbocycles. The maximum Gasteiger partial charge on any atom is 0.365 e. The van der Waals surface area contributed by atoms with Crippen LogP contribution in [0.2, 0.25) is 0 Å². The van der Waals surface area contributed by atoms with E-state index in [4.69, 9.17) is 4.74 Å². The van der Waals surface area contributed by atoms with Crippen molar-refractivity contribution in [3.05, 3.63) is 70.8 Å². The van der Waals surface area contributed by atoms with Crippen molar-refractivity contribution in [3.8, 4) is 0 Å². The molecule has 2 aromatic rings. The molecule has 0 amide bonds. The number of aryl methyl sites for hydroxylation is 1. The van der Waals surface area contributed by atoms with E-state index < -0.39 is 5.97 Å². The van der Waals surface area contributed by atoms with Crippen molar-refractivity contribution < 1.29 is 9.53 Å². The molecule has 24 heavy (non-hydrogen) atoms. The zero-order valence-electron chi connectivity index (χ0n) is 13.6. The summed E-state index contributed by atoms with van der Waals surface area (Å²) in [5.41, 5.74) is 3.17. The number of anilines is 1. The summed E-state index contributed by atoms with van der Waals surface area (Å²) in [6.45, 7) is 4.18. The fourth-order valence-electron chi connectivity index (χ4n) is 2.23. The lowest BCUT2D eigenvalue weighted by Gasteiger charge is -2.15. The summed E-state index contributed by atoms with van der Waals surface area (Å²) in [5.74, 6) is -0.393. The second-order valence-electron chi connectivity index (χ2n) is 5.27. The summed E-state index contributed by atoms with van der Waals surface area (Å²) in [6.07, 6.45) is 2.02. The van der Waals surface area contributed by atoms with Gasteiger partial charge in [0, 0.05) is 0 Å². The molecule has 0 bridgehead atoms. The maximum atomic E-state index is 12.0. The van der Waals surface area contributed by atoms with Crippen LogP contribution in [0.5, 0.6) is 0 Å². The highest BCUT2D eigenvalue weighted by molar-refractivity contribution is 8.19. The van der Waals surface area contributed by atoms with E-state index in [0.717, 1.165) is 16.3 Å². The molecule has 5 heteroatoms. The van der Waals surface area contributed by atoms with E-state index in [1.807, 2.05) is 36.4 Å². The number of para-hydroxylation sites is 1. The number of ether oxygens (including phenoxy) is 1. The largest absolute Gasteiger partial charge is 0.461 e. The molecule has 1 aliphatic rings. The van der Waals surface area contributed by atoms with Gasteiger partial charge in [-0.25, -0.2) is 9.80 Å². The number of hydrogen-bond donors (Lipinski definition) is 0. The molecule has 2 aromatic carbocycles. The van der Waals surface area contributed by atoms with Crippen molar-refractivity contribution in [3.63, 3.8) is 0 Å². The summed E-state index contributed by atoms with van der Waals surface area (Å²) in [7, 11) is 0. The fraction of sp³-hybridized carbons (Fsp3) is 0.158. The molecule has 0 unspecified atom stereocenters. The number of rotatable bonds is 4. The summed E-state index contributed by atoms with van der Waals surface area (Å²) in [5, 5.41) is 7.43. The minimum Gasteiger partial charge on any atom is -0.461 e. The lowest BCUT2D eigenvalue weighted by molar-refractivity contribution is -0.134. The molecule has 4 nitrogen and oxygen atoms in total. The van der Waals surface area contributed by atoms with E-state index in [9.17, 15) is 4.79 Å². The molecule has 0 N–H and O–H groups in total. The van der Waals surface area contributed by atoms with E-state index in [1.54, 1.807) is 11.9 Å². The number of nitrogens with zero attached hydrogens (tertiary/aromatic N) is 2. The Morgan fingerprint density at radius 2 is 1.88 bits per heavy atom. The summed E-state index contributed by atoms with van der Waals surface area (Å²) in [6, 6.07) is 18.0. The van der Waals surface area contributed by atoms with Gasteiger partial charge in [0.15, 0.2) is 0 Å². The smallest absolute Gasteiger partial charge is 0.365 e. The van der Waals surface area contributed by atoms with Gasteiger partial charge >= 0.3 is 5.97 Å². The van der Waals surface area contributed by atoms with Crippen LogP contribution in [0.25, 0.3) is 6.08 Å². The van der Waals surface area contributed by atoms with Gasteiger partial charge in [-0.15, -0.1) is 0 Å². The lowest BCUT2D eigenvalue weighted by atomic mass is 10.1. The SMILES string of the molecule is CCOC(=O)C1=NN(c2ccccc2)/C(=C/c2ccc(C)cc2)S1. The average Bonchev–Trinajstić information content (AvgIpc) is 3.02. The van der Waals surface area contributed by atoms with Gasteiger partial charge in [0.25, 0.3) is 0 Å². The molecule has 0 fully saturated rings. The molecule has 1 aliphatic heterocycles. The molecule has 0 atom stereocenters. The Hall–Kier alpha value is -2.53. The predicted molar refractivity (Wildman–Crippen MR) is 99.7 cm³/mol. The van der Waals surface area contributed by atoms with Crippen molar-refractivity contribution in [1.82, 2.24) is 0 Å². The maximum absolute atomic E-state index is 12.0. The van der Waals surface area contributed by atoms with Gasteiger partial charge in [-0.3, -0.25) is 0 Å². The summed E-state index contributed by atoms with van der Waals surface area (Å²) in [4.78, 5) is 12.0. The molecule has 0 saturated heterocycles. The number of carbonyl (C=O) groups excluding carboxylic acids is 1. The zero-order valence-corrected chi connectivity index (χ0v) is 14.4. The second-order valence-corrected chi connectivity index (χ2v) is 6.28. The number of hydrazone groups is 1. The highest BCUT2D eigenvalue weighted by atomic mass is 32.2. The van der Waals surface area contributed by atoms with Crippen molar-refractivity contribution in [2.45, 2.75) is 13.8 Å². The van der Waals surface area contributed by atoms with Crippen LogP contribution in [-0.4, -0.2) is 17.6 Å². The molecular weight excluding hydrogens is 320 g/mol. The molecule has 122 valence electrons. The van der Waals surface area contributed by atoms with Crippen LogP contribution in [0.1, 0.15) is 18.1 Å². The van der Waals surface area contributed by atoms with E-state index >= 15 is 0 Å². The first-order chi connectivity index (χ1) is 11.7. The highest BCUT2D eigenvalue weighted by Crippen LogP contribution is 2.36. The summed E-state index contributed by atoms with van der Waals surface area (Å²) < 4.78 is 5.08. The van der Waals surface area contributed by atoms with Gasteiger partial charge < -0.3 is 4.74 Å². The molecular formula is C19H18N2O2S. The normalized spacial score (nSPS) is 15.5. The number of benzene rings is 2. The molecule has 0 aliphatic carbocycles. The number of esters is 1. The Balaban J connectivity index is 1.95. The number of hydrogen-bond acceptors (Lipinski definition) is 5. The van der Waals surface area contributed by atoms with Crippen LogP contribution >= 0.6 is 11.8 Å². The topological polar surface area (TPSA) is 41.9 Å². The Kier molecular flexibility index (Phi) is 5.01. The Labute approximate surface area is 145 Å². The fourth-order valence-corrected chi connectivity index (χ4v) is 3.12. The van der Waals surface area contributed by atoms with Crippen LogP contribution in [0.4, 0.5) is 5.69 Å². The highest BCUT2D eigenvalue weighted by Gasteiger charge is 2.28. The molecule has 3 rings (SSSR count). The molecule has 0 aromatic heterocycles.